The van der Waals surface area contributed by atoms with Gasteiger partial charge in [0.05, 0.1) is 10.4 Å². The van der Waals surface area contributed by atoms with Crippen molar-refractivity contribution in [2.75, 3.05) is 5.32 Å². The van der Waals surface area contributed by atoms with Crippen molar-refractivity contribution in [2.45, 2.75) is 13.8 Å². The fourth-order valence-corrected chi connectivity index (χ4v) is 2.36. The second-order valence-corrected chi connectivity index (χ2v) is 5.20. The maximum Gasteiger partial charge on any atom is 0.271 e. The zero-order valence-electron chi connectivity index (χ0n) is 12.2. The number of aryl methyl sites for hydroxylation is 2. The molecule has 0 radical (unpaired) electrons. The summed E-state index contributed by atoms with van der Waals surface area (Å²) < 4.78 is 0. The molecule has 0 saturated carbocycles. The van der Waals surface area contributed by atoms with Gasteiger partial charge in [-0.1, -0.05) is 6.07 Å². The number of hydrogen-bond donors (Lipinski definition) is 1. The first kappa shape index (κ1) is 13.9. The molecule has 0 saturated heterocycles. The van der Waals surface area contributed by atoms with Gasteiger partial charge < -0.3 is 5.32 Å². The maximum atomic E-state index is 10.8. The number of non-ortho nitro benzene ring substituents is 1. The van der Waals surface area contributed by atoms with Crippen LogP contribution in [0.25, 0.3) is 10.9 Å². The quantitative estimate of drug-likeness (QED) is 0.585. The lowest BCUT2D eigenvalue weighted by atomic mass is 10.1. The Labute approximate surface area is 127 Å². The monoisotopic (exact) mass is 294 g/mol. The van der Waals surface area contributed by atoms with Gasteiger partial charge in [0.2, 0.25) is 5.95 Å². The second kappa shape index (κ2) is 5.40. The Hall–Kier alpha value is -3.02. The summed E-state index contributed by atoms with van der Waals surface area (Å²) in [5, 5.41) is 14.7. The Morgan fingerprint density at radius 3 is 2.50 bits per heavy atom. The van der Waals surface area contributed by atoms with Gasteiger partial charge in [0.15, 0.2) is 0 Å². The Balaban J connectivity index is 1.98. The van der Waals surface area contributed by atoms with Crippen LogP contribution in [-0.4, -0.2) is 14.9 Å². The lowest BCUT2D eigenvalue weighted by molar-refractivity contribution is -0.384. The molecular formula is C16H14N4O2. The standard InChI is InChI=1S/C16H14N4O2/c1-10-5-11(2)7-13(6-10)18-16-17-9-12-3-4-14(20(21)22)8-15(12)19-16/h3-9H,1-2H3,(H,17,18,19). The molecule has 0 unspecified atom stereocenters. The van der Waals surface area contributed by atoms with Gasteiger partial charge in [-0.15, -0.1) is 0 Å². The van der Waals surface area contributed by atoms with Crippen molar-refractivity contribution < 1.29 is 4.92 Å². The van der Waals surface area contributed by atoms with Gasteiger partial charge >= 0.3 is 0 Å². The minimum atomic E-state index is -0.432. The average molecular weight is 294 g/mol. The van der Waals surface area contributed by atoms with E-state index >= 15 is 0 Å². The summed E-state index contributed by atoms with van der Waals surface area (Å²) in [5.74, 6) is 0.415. The molecular weight excluding hydrogens is 280 g/mol. The van der Waals surface area contributed by atoms with Crippen molar-refractivity contribution in [3.05, 3.63) is 63.8 Å². The topological polar surface area (TPSA) is 81.0 Å². The van der Waals surface area contributed by atoms with Gasteiger partial charge in [-0.25, -0.2) is 9.97 Å². The van der Waals surface area contributed by atoms with Crippen molar-refractivity contribution in [1.82, 2.24) is 9.97 Å². The third-order valence-electron chi connectivity index (χ3n) is 3.25. The fourth-order valence-electron chi connectivity index (χ4n) is 2.36. The number of rotatable bonds is 3. The Kier molecular flexibility index (Phi) is 3.42. The van der Waals surface area contributed by atoms with Crippen LogP contribution >= 0.6 is 0 Å². The Morgan fingerprint density at radius 2 is 1.82 bits per heavy atom. The van der Waals surface area contributed by atoms with Gasteiger partial charge in [-0.05, 0) is 43.2 Å². The molecule has 0 aliphatic carbocycles. The number of nitro benzene ring substituents is 1. The first-order valence-electron chi connectivity index (χ1n) is 6.78. The largest absolute Gasteiger partial charge is 0.324 e. The number of hydrogen-bond acceptors (Lipinski definition) is 5. The van der Waals surface area contributed by atoms with Crippen LogP contribution in [0.15, 0.2) is 42.6 Å². The Morgan fingerprint density at radius 1 is 1.09 bits per heavy atom. The molecule has 1 aromatic heterocycles. The minimum Gasteiger partial charge on any atom is -0.324 e. The van der Waals surface area contributed by atoms with Gasteiger partial charge in [-0.2, -0.15) is 0 Å². The average Bonchev–Trinajstić information content (AvgIpc) is 2.45. The van der Waals surface area contributed by atoms with E-state index in [0.29, 0.717) is 11.5 Å². The lowest BCUT2D eigenvalue weighted by Gasteiger charge is -2.07. The fraction of sp³-hybridized carbons (Fsp3) is 0.125. The molecule has 110 valence electrons. The molecule has 1 N–H and O–H groups in total. The highest BCUT2D eigenvalue weighted by Crippen LogP contribution is 2.22. The third kappa shape index (κ3) is 2.85. The molecule has 0 aliphatic rings. The first-order chi connectivity index (χ1) is 10.5. The normalized spacial score (nSPS) is 10.6. The van der Waals surface area contributed by atoms with E-state index in [1.54, 1.807) is 12.3 Å². The van der Waals surface area contributed by atoms with Crippen molar-refractivity contribution in [3.63, 3.8) is 0 Å². The van der Waals surface area contributed by atoms with Crippen molar-refractivity contribution in [2.24, 2.45) is 0 Å². The van der Waals surface area contributed by atoms with Gasteiger partial charge in [0.1, 0.15) is 0 Å². The van der Waals surface area contributed by atoms with E-state index in [-0.39, 0.29) is 5.69 Å². The molecule has 0 spiro atoms. The number of nitrogens with one attached hydrogen (secondary N) is 1. The predicted octanol–water partition coefficient (Wildman–Crippen LogP) is 3.90. The summed E-state index contributed by atoms with van der Waals surface area (Å²) in [6.45, 7) is 4.03. The molecule has 1 heterocycles. The van der Waals surface area contributed by atoms with E-state index in [0.717, 1.165) is 22.2 Å². The predicted molar refractivity (Wildman–Crippen MR) is 85.4 cm³/mol. The van der Waals surface area contributed by atoms with E-state index in [1.165, 1.54) is 12.1 Å². The van der Waals surface area contributed by atoms with Crippen LogP contribution in [0.4, 0.5) is 17.3 Å². The smallest absolute Gasteiger partial charge is 0.271 e. The van der Waals surface area contributed by atoms with Crippen LogP contribution in [0, 0.1) is 24.0 Å². The summed E-state index contributed by atoms with van der Waals surface area (Å²) in [5.41, 5.74) is 3.72. The van der Waals surface area contributed by atoms with E-state index in [9.17, 15) is 10.1 Å². The van der Waals surface area contributed by atoms with Gasteiger partial charge in [-0.3, -0.25) is 10.1 Å². The van der Waals surface area contributed by atoms with Crippen LogP contribution < -0.4 is 5.32 Å². The highest BCUT2D eigenvalue weighted by Gasteiger charge is 2.08. The number of fused-ring (bicyclic) bond motifs is 1. The Bertz CT molecular complexity index is 857. The molecule has 0 bridgehead atoms. The summed E-state index contributed by atoms with van der Waals surface area (Å²) in [6.07, 6.45) is 1.65. The molecule has 22 heavy (non-hydrogen) atoms. The number of nitrogens with zero attached hydrogens (tertiary/aromatic N) is 3. The summed E-state index contributed by atoms with van der Waals surface area (Å²) in [4.78, 5) is 19.0. The SMILES string of the molecule is Cc1cc(C)cc(Nc2ncc3ccc([N+](=O)[O-])cc3n2)c1. The zero-order valence-corrected chi connectivity index (χ0v) is 12.2. The highest BCUT2D eigenvalue weighted by atomic mass is 16.6. The van der Waals surface area contributed by atoms with Crippen LogP contribution in [0.2, 0.25) is 0 Å². The molecule has 0 fully saturated rings. The zero-order chi connectivity index (χ0) is 15.7. The van der Waals surface area contributed by atoms with Crippen LogP contribution in [0.3, 0.4) is 0 Å². The van der Waals surface area contributed by atoms with Crippen molar-refractivity contribution >= 4 is 28.2 Å². The van der Waals surface area contributed by atoms with Crippen LogP contribution in [-0.2, 0) is 0 Å². The molecule has 0 aliphatic heterocycles. The van der Waals surface area contributed by atoms with Crippen molar-refractivity contribution in [3.8, 4) is 0 Å². The van der Waals surface area contributed by atoms with E-state index < -0.39 is 4.92 Å². The molecule has 6 nitrogen and oxygen atoms in total. The lowest BCUT2D eigenvalue weighted by Crippen LogP contribution is -1.98. The minimum absolute atomic E-state index is 0.0172. The summed E-state index contributed by atoms with van der Waals surface area (Å²) in [6, 6.07) is 10.6. The number of benzene rings is 2. The third-order valence-corrected chi connectivity index (χ3v) is 3.25. The molecule has 2 aromatic carbocycles. The van der Waals surface area contributed by atoms with E-state index in [4.69, 9.17) is 0 Å². The number of anilines is 2. The maximum absolute atomic E-state index is 10.8. The molecule has 0 atom stereocenters. The molecule has 3 rings (SSSR count). The molecule has 3 aromatic rings. The van der Waals surface area contributed by atoms with E-state index in [1.807, 2.05) is 26.0 Å². The second-order valence-electron chi connectivity index (χ2n) is 5.20. The van der Waals surface area contributed by atoms with Crippen LogP contribution in [0.1, 0.15) is 11.1 Å². The van der Waals surface area contributed by atoms with E-state index in [2.05, 4.69) is 21.4 Å². The first-order valence-corrected chi connectivity index (χ1v) is 6.78. The number of nitro groups is 1. The van der Waals surface area contributed by atoms with Gasteiger partial charge in [0, 0.05) is 29.4 Å². The summed E-state index contributed by atoms with van der Waals surface area (Å²) in [7, 11) is 0. The molecule has 6 heteroatoms. The van der Waals surface area contributed by atoms with Gasteiger partial charge in [0.25, 0.3) is 5.69 Å². The summed E-state index contributed by atoms with van der Waals surface area (Å²) >= 11 is 0. The van der Waals surface area contributed by atoms with Crippen LogP contribution in [0.5, 0.6) is 0 Å². The number of aromatic nitrogens is 2. The van der Waals surface area contributed by atoms with Crippen molar-refractivity contribution in [1.29, 1.82) is 0 Å². The highest BCUT2D eigenvalue weighted by molar-refractivity contribution is 5.81. The molecule has 0 amide bonds.